The van der Waals surface area contributed by atoms with Gasteiger partial charge in [-0.25, -0.2) is 4.57 Å². The van der Waals surface area contributed by atoms with Crippen LogP contribution in [0.2, 0.25) is 0 Å². The number of phenols is 1. The highest BCUT2D eigenvalue weighted by Gasteiger charge is 2.44. The molecule has 186 valence electrons. The number of nitrogens with one attached hydrogen (secondary N) is 1. The van der Waals surface area contributed by atoms with Gasteiger partial charge in [0.05, 0.1) is 19.7 Å². The van der Waals surface area contributed by atoms with E-state index in [-0.39, 0.29) is 29.2 Å². The van der Waals surface area contributed by atoms with Crippen LogP contribution in [-0.4, -0.2) is 53.5 Å². The first-order valence-electron chi connectivity index (χ1n) is 11.5. The van der Waals surface area contributed by atoms with E-state index < -0.39 is 23.5 Å². The van der Waals surface area contributed by atoms with Gasteiger partial charge in [0.1, 0.15) is 25.6 Å². The third-order valence-electron chi connectivity index (χ3n) is 6.27. The highest BCUT2D eigenvalue weighted by atomic mass is 16.6. The zero-order chi connectivity index (χ0) is 25.2. The summed E-state index contributed by atoms with van der Waals surface area (Å²) in [6.07, 6.45) is 6.00. The number of fused-ring (bicyclic) bond motifs is 1. The molecule has 2 aliphatic heterocycles. The van der Waals surface area contributed by atoms with Gasteiger partial charge in [0, 0.05) is 18.5 Å². The molecule has 3 aromatic rings. The van der Waals surface area contributed by atoms with Crippen LogP contribution in [0.1, 0.15) is 23.6 Å². The minimum atomic E-state index is -0.934. The first-order valence-corrected chi connectivity index (χ1v) is 11.5. The second kappa shape index (κ2) is 9.65. The number of hydrogen-bond donors (Lipinski definition) is 2. The number of amides is 1. The van der Waals surface area contributed by atoms with Crippen LogP contribution >= 0.6 is 0 Å². The number of aromatic hydroxyl groups is 1. The zero-order valence-corrected chi connectivity index (χ0v) is 19.6. The number of Topliss-reactive ketones (excluding diaryl/α,β-unsaturated/α-hetero) is 1. The number of nitrogens with zero attached hydrogens (tertiary/aromatic N) is 2. The van der Waals surface area contributed by atoms with E-state index >= 15 is 0 Å². The van der Waals surface area contributed by atoms with Crippen molar-refractivity contribution in [2.24, 2.45) is 0 Å². The van der Waals surface area contributed by atoms with Crippen molar-refractivity contribution in [1.29, 1.82) is 0 Å². The number of likely N-dealkylation sites (tertiary alicyclic amines) is 1. The van der Waals surface area contributed by atoms with Crippen LogP contribution < -0.4 is 23.9 Å². The number of carbonyl (C=O) groups excluding carboxylic acids is 2. The summed E-state index contributed by atoms with van der Waals surface area (Å²) in [6, 6.07) is 8.31. The van der Waals surface area contributed by atoms with Crippen LogP contribution in [0.4, 0.5) is 0 Å². The monoisotopic (exact) mass is 491 g/mol. The Morgan fingerprint density at radius 3 is 2.75 bits per heavy atom. The summed E-state index contributed by atoms with van der Waals surface area (Å²) < 4.78 is 18.3. The van der Waals surface area contributed by atoms with Gasteiger partial charge in [-0.3, -0.25) is 14.6 Å². The highest BCUT2D eigenvalue weighted by molar-refractivity contribution is 6.46. The molecule has 10 nitrogen and oxygen atoms in total. The molecular formula is C26H25N3O7. The van der Waals surface area contributed by atoms with Crippen LogP contribution in [0.15, 0.2) is 60.7 Å². The van der Waals surface area contributed by atoms with Gasteiger partial charge in [0.25, 0.3) is 5.91 Å². The van der Waals surface area contributed by atoms with E-state index in [0.717, 1.165) is 0 Å². The molecule has 5 rings (SSSR count). The van der Waals surface area contributed by atoms with E-state index in [2.05, 4.69) is 4.98 Å². The average Bonchev–Trinajstić information content (AvgIpc) is 3.50. The predicted molar refractivity (Wildman–Crippen MR) is 124 cm³/mol. The Bertz CT molecular complexity index is 1330. The molecule has 1 unspecified atom stereocenters. The standard InChI is InChI=1S/C26H25N3O7/c1-34-20-13-16(3-5-18(20)30)23-22(24(31)17-4-6-19-21(14-17)36-12-11-35-19)25(32)26(33)29(23)9-2-8-28-10-7-27-15-28/h3-7,10,13-15,23H,2,8-9,11-12H2,1H3,(H2,30,31,32). The first-order chi connectivity index (χ1) is 17.5. The Hall–Kier alpha value is -4.47. The minimum absolute atomic E-state index is 0.0907. The largest absolute Gasteiger partial charge is 0.872 e. The lowest BCUT2D eigenvalue weighted by Gasteiger charge is -2.28. The molecule has 10 heteroatoms. The fourth-order valence-corrected chi connectivity index (χ4v) is 4.54. The lowest BCUT2D eigenvalue weighted by Crippen LogP contribution is -2.36. The third-order valence-corrected chi connectivity index (χ3v) is 6.27. The molecule has 1 fully saturated rings. The van der Waals surface area contributed by atoms with Crippen molar-refractivity contribution in [1.82, 2.24) is 9.88 Å². The van der Waals surface area contributed by atoms with Gasteiger partial charge in [0.2, 0.25) is 12.1 Å². The van der Waals surface area contributed by atoms with Crippen molar-refractivity contribution in [3.8, 4) is 23.0 Å². The van der Waals surface area contributed by atoms with Crippen molar-refractivity contribution < 1.29 is 38.6 Å². The fourth-order valence-electron chi connectivity index (χ4n) is 4.54. The van der Waals surface area contributed by atoms with E-state index in [1.165, 1.54) is 30.2 Å². The smallest absolute Gasteiger partial charge is 0.295 e. The van der Waals surface area contributed by atoms with E-state index in [1.54, 1.807) is 30.7 Å². The number of H-pyrrole nitrogens is 1. The van der Waals surface area contributed by atoms with Crippen molar-refractivity contribution in [3.63, 3.8) is 0 Å². The summed E-state index contributed by atoms with van der Waals surface area (Å²) in [5, 5.41) is 23.8. The van der Waals surface area contributed by atoms with Crippen LogP contribution in [0, 0.1) is 0 Å². The highest BCUT2D eigenvalue weighted by Crippen LogP contribution is 2.42. The molecule has 2 N–H and O–H groups in total. The molecule has 0 radical (unpaired) electrons. The maximum absolute atomic E-state index is 13.7. The molecule has 1 aromatic heterocycles. The Kier molecular flexibility index (Phi) is 6.24. The topological polar surface area (TPSA) is 128 Å². The Balaban J connectivity index is 1.56. The van der Waals surface area contributed by atoms with Crippen LogP contribution in [0.5, 0.6) is 23.0 Å². The van der Waals surface area contributed by atoms with Crippen LogP contribution in [0.3, 0.4) is 0 Å². The predicted octanol–water partition coefficient (Wildman–Crippen LogP) is 1.10. The first kappa shape index (κ1) is 23.3. The molecular weight excluding hydrogens is 466 g/mol. The number of carbonyl (C=O) groups is 2. The van der Waals surface area contributed by atoms with Gasteiger partial charge in [-0.2, -0.15) is 0 Å². The SMILES string of the molecule is COc1cc(C2/C(=C(\[O-])c3ccc4c(c3)OCCO4)C(=O)C(=O)N2CCC[n+]2cc[nH]c2)ccc1O. The molecule has 0 aliphatic carbocycles. The Labute approximate surface area is 207 Å². The molecule has 2 aliphatic rings. The summed E-state index contributed by atoms with van der Waals surface area (Å²) in [4.78, 5) is 30.7. The third kappa shape index (κ3) is 4.21. The van der Waals surface area contributed by atoms with Gasteiger partial charge in [-0.1, -0.05) is 17.9 Å². The van der Waals surface area contributed by atoms with Gasteiger partial charge in [0.15, 0.2) is 23.0 Å². The normalized spacial score (nSPS) is 18.5. The maximum Gasteiger partial charge on any atom is 0.295 e. The van der Waals surface area contributed by atoms with E-state index in [4.69, 9.17) is 14.2 Å². The summed E-state index contributed by atoms with van der Waals surface area (Å²) in [7, 11) is 1.40. The molecule has 0 spiro atoms. The summed E-state index contributed by atoms with van der Waals surface area (Å²) in [5.74, 6) is -1.15. The number of benzene rings is 2. The van der Waals surface area contributed by atoms with E-state index in [0.29, 0.717) is 43.2 Å². The number of ether oxygens (including phenoxy) is 3. The van der Waals surface area contributed by atoms with Gasteiger partial charge in [-0.15, -0.1) is 0 Å². The maximum atomic E-state index is 13.7. The number of aromatic amines is 1. The van der Waals surface area contributed by atoms with Gasteiger partial charge in [-0.05, 0) is 35.4 Å². The molecule has 1 saturated heterocycles. The number of aryl methyl sites for hydroxylation is 1. The molecule has 2 aromatic carbocycles. The summed E-state index contributed by atoms with van der Waals surface area (Å²) >= 11 is 0. The summed E-state index contributed by atoms with van der Waals surface area (Å²) in [6.45, 7) is 1.61. The molecule has 3 heterocycles. The number of imidazole rings is 1. The van der Waals surface area contributed by atoms with Crippen molar-refractivity contribution >= 4 is 17.4 Å². The Morgan fingerprint density at radius 1 is 1.19 bits per heavy atom. The molecule has 1 amide bonds. The number of phenolic OH excluding ortho intramolecular Hbond substituents is 1. The minimum Gasteiger partial charge on any atom is -0.872 e. The quantitative estimate of drug-likeness (QED) is 0.219. The molecule has 0 saturated carbocycles. The molecule has 36 heavy (non-hydrogen) atoms. The molecule has 0 bridgehead atoms. The van der Waals surface area contributed by atoms with Crippen molar-refractivity contribution in [2.45, 2.75) is 19.0 Å². The zero-order valence-electron chi connectivity index (χ0n) is 19.6. The van der Waals surface area contributed by atoms with E-state index in [1.807, 2.05) is 10.8 Å². The molecule has 1 atom stereocenters. The number of hydrogen-bond acceptors (Lipinski definition) is 7. The number of rotatable bonds is 7. The fraction of sp³-hybridized carbons (Fsp3) is 0.269. The lowest BCUT2D eigenvalue weighted by atomic mass is 9.94. The lowest BCUT2D eigenvalue weighted by molar-refractivity contribution is -0.695. The van der Waals surface area contributed by atoms with Gasteiger partial charge >= 0.3 is 0 Å². The second-order valence-corrected chi connectivity index (χ2v) is 8.47. The average molecular weight is 492 g/mol. The Morgan fingerprint density at radius 2 is 2.00 bits per heavy atom. The van der Waals surface area contributed by atoms with Crippen LogP contribution in [0.25, 0.3) is 5.76 Å². The summed E-state index contributed by atoms with van der Waals surface area (Å²) in [5.41, 5.74) is 0.550. The number of ketones is 1. The van der Waals surface area contributed by atoms with Crippen LogP contribution in [-0.2, 0) is 16.1 Å². The second-order valence-electron chi connectivity index (χ2n) is 8.47. The number of methoxy groups -OCH3 is 1. The van der Waals surface area contributed by atoms with Crippen molar-refractivity contribution in [3.05, 3.63) is 71.8 Å². The van der Waals surface area contributed by atoms with Gasteiger partial charge < -0.3 is 29.3 Å². The number of aromatic nitrogens is 2. The van der Waals surface area contributed by atoms with Crippen molar-refractivity contribution in [2.75, 3.05) is 26.9 Å². The van der Waals surface area contributed by atoms with E-state index in [9.17, 15) is 19.8 Å².